The van der Waals surface area contributed by atoms with Crippen molar-refractivity contribution >= 4 is 15.7 Å². The molecule has 2 atom stereocenters. The van der Waals surface area contributed by atoms with E-state index in [0.29, 0.717) is 12.1 Å². The summed E-state index contributed by atoms with van der Waals surface area (Å²) in [5, 5.41) is 0. The fourth-order valence-electron chi connectivity index (χ4n) is 3.97. The number of aryl methyl sites for hydroxylation is 1. The van der Waals surface area contributed by atoms with Crippen molar-refractivity contribution in [1.29, 1.82) is 0 Å². The average molecular weight is 349 g/mol. The van der Waals surface area contributed by atoms with Crippen molar-refractivity contribution in [1.82, 2.24) is 14.8 Å². The Morgan fingerprint density at radius 1 is 1.21 bits per heavy atom. The van der Waals surface area contributed by atoms with Crippen LogP contribution in [0.4, 0.5) is 0 Å². The van der Waals surface area contributed by atoms with E-state index < -0.39 is 9.84 Å². The van der Waals surface area contributed by atoms with E-state index in [9.17, 15) is 13.2 Å². The van der Waals surface area contributed by atoms with E-state index in [-0.39, 0.29) is 29.5 Å². The van der Waals surface area contributed by atoms with Gasteiger partial charge in [-0.3, -0.25) is 14.7 Å². The highest BCUT2D eigenvalue weighted by molar-refractivity contribution is 7.91. The molecule has 0 radical (unpaired) electrons. The maximum absolute atomic E-state index is 12.9. The van der Waals surface area contributed by atoms with Gasteiger partial charge in [-0.25, -0.2) is 8.42 Å². The molecule has 130 valence electrons. The fourth-order valence-corrected chi connectivity index (χ4v) is 5.99. The molecular formula is C17H23N3O3S. The van der Waals surface area contributed by atoms with Gasteiger partial charge < -0.3 is 4.90 Å². The Labute approximate surface area is 142 Å². The van der Waals surface area contributed by atoms with Gasteiger partial charge in [-0.2, -0.15) is 0 Å². The minimum atomic E-state index is -3.09. The number of fused-ring (bicyclic) bond motifs is 1. The van der Waals surface area contributed by atoms with Crippen LogP contribution in [0, 0.1) is 12.8 Å². The van der Waals surface area contributed by atoms with Gasteiger partial charge in [-0.15, -0.1) is 0 Å². The van der Waals surface area contributed by atoms with Crippen LogP contribution < -0.4 is 0 Å². The summed E-state index contributed by atoms with van der Waals surface area (Å²) in [6.45, 7) is 4.24. The Bertz CT molecular complexity index is 760. The van der Waals surface area contributed by atoms with E-state index in [1.165, 1.54) is 12.8 Å². The number of nitrogens with zero attached hydrogens (tertiary/aromatic N) is 3. The average Bonchev–Trinajstić information content (AvgIpc) is 3.27. The standard InChI is InChI=1S/C17H23N3O3S/c1-12-6-14(8-18-7-12)17(21)20-5-4-19(9-13-2-3-13)15-10-24(22,23)11-16(15)20/h6-8,13,15-16H,2-5,9-11H2,1H3/t15-,16+/m1/s1. The Morgan fingerprint density at radius 3 is 2.67 bits per heavy atom. The molecule has 2 saturated heterocycles. The summed E-state index contributed by atoms with van der Waals surface area (Å²) in [6, 6.07) is 1.55. The molecule has 3 fully saturated rings. The number of piperazine rings is 1. The second kappa shape index (κ2) is 5.81. The second-order valence-electron chi connectivity index (χ2n) is 7.40. The van der Waals surface area contributed by atoms with E-state index >= 15 is 0 Å². The van der Waals surface area contributed by atoms with Crippen LogP contribution in [0.3, 0.4) is 0 Å². The van der Waals surface area contributed by atoms with E-state index in [0.717, 1.165) is 24.6 Å². The molecule has 0 aromatic carbocycles. The first-order valence-electron chi connectivity index (χ1n) is 8.60. The Hall–Kier alpha value is -1.47. The van der Waals surface area contributed by atoms with Gasteiger partial charge in [0.25, 0.3) is 5.91 Å². The zero-order valence-electron chi connectivity index (χ0n) is 13.9. The van der Waals surface area contributed by atoms with Crippen LogP contribution in [-0.2, 0) is 9.84 Å². The maximum atomic E-state index is 12.9. The van der Waals surface area contributed by atoms with Crippen molar-refractivity contribution < 1.29 is 13.2 Å². The zero-order valence-corrected chi connectivity index (χ0v) is 14.7. The summed E-state index contributed by atoms with van der Waals surface area (Å²) >= 11 is 0. The molecule has 3 heterocycles. The molecule has 0 N–H and O–H groups in total. The number of pyridine rings is 1. The number of hydrogen-bond donors (Lipinski definition) is 0. The molecule has 1 aromatic rings. The van der Waals surface area contributed by atoms with Gasteiger partial charge in [0.2, 0.25) is 0 Å². The number of hydrogen-bond acceptors (Lipinski definition) is 5. The summed E-state index contributed by atoms with van der Waals surface area (Å²) in [5.41, 5.74) is 1.48. The van der Waals surface area contributed by atoms with Crippen LogP contribution in [0.5, 0.6) is 0 Å². The Balaban J connectivity index is 1.59. The molecule has 2 aliphatic heterocycles. The predicted octanol–water partition coefficient (Wildman–Crippen LogP) is 0.723. The molecule has 0 spiro atoms. The number of carbonyl (C=O) groups is 1. The third-order valence-corrected chi connectivity index (χ3v) is 7.06. The minimum absolute atomic E-state index is 0.0499. The lowest BCUT2D eigenvalue weighted by Crippen LogP contribution is -2.60. The van der Waals surface area contributed by atoms with Gasteiger partial charge in [-0.05, 0) is 37.3 Å². The molecule has 1 amide bonds. The topological polar surface area (TPSA) is 70.6 Å². The summed E-state index contributed by atoms with van der Waals surface area (Å²) in [4.78, 5) is 21.1. The quantitative estimate of drug-likeness (QED) is 0.804. The van der Waals surface area contributed by atoms with Gasteiger partial charge >= 0.3 is 0 Å². The molecule has 24 heavy (non-hydrogen) atoms. The largest absolute Gasteiger partial charge is 0.332 e. The first-order valence-corrected chi connectivity index (χ1v) is 10.4. The highest BCUT2D eigenvalue weighted by Crippen LogP contribution is 2.34. The Kier molecular flexibility index (Phi) is 3.88. The monoisotopic (exact) mass is 349 g/mol. The summed E-state index contributed by atoms with van der Waals surface area (Å²) in [5.74, 6) is 0.894. The molecule has 1 aliphatic carbocycles. The number of carbonyl (C=O) groups excluding carboxylic acids is 1. The minimum Gasteiger partial charge on any atom is -0.332 e. The van der Waals surface area contributed by atoms with Crippen LogP contribution >= 0.6 is 0 Å². The van der Waals surface area contributed by atoms with Gasteiger partial charge in [0.1, 0.15) is 0 Å². The van der Waals surface area contributed by atoms with Crippen molar-refractivity contribution in [2.24, 2.45) is 5.92 Å². The third-order valence-electron chi connectivity index (χ3n) is 5.36. The molecule has 7 heteroatoms. The van der Waals surface area contributed by atoms with Gasteiger partial charge in [0.15, 0.2) is 9.84 Å². The first kappa shape index (κ1) is 16.0. The summed E-state index contributed by atoms with van der Waals surface area (Å²) in [6.07, 6.45) is 5.79. The van der Waals surface area contributed by atoms with E-state index in [4.69, 9.17) is 0 Å². The van der Waals surface area contributed by atoms with Crippen molar-refractivity contribution in [3.8, 4) is 0 Å². The van der Waals surface area contributed by atoms with Crippen molar-refractivity contribution in [2.75, 3.05) is 31.1 Å². The van der Waals surface area contributed by atoms with Crippen LogP contribution in [0.2, 0.25) is 0 Å². The maximum Gasteiger partial charge on any atom is 0.255 e. The Morgan fingerprint density at radius 2 is 1.96 bits per heavy atom. The second-order valence-corrected chi connectivity index (χ2v) is 9.55. The number of aromatic nitrogens is 1. The van der Waals surface area contributed by atoms with Gasteiger partial charge in [-0.1, -0.05) is 0 Å². The third kappa shape index (κ3) is 3.07. The highest BCUT2D eigenvalue weighted by atomic mass is 32.2. The molecule has 6 nitrogen and oxygen atoms in total. The smallest absolute Gasteiger partial charge is 0.255 e. The SMILES string of the molecule is Cc1cncc(C(=O)N2CCN(CC3CC3)[C@@H]3CS(=O)(=O)C[C@@H]32)c1. The summed E-state index contributed by atoms with van der Waals surface area (Å²) < 4.78 is 24.5. The molecule has 3 aliphatic rings. The number of rotatable bonds is 3. The molecule has 4 rings (SSSR count). The van der Waals surface area contributed by atoms with Crippen molar-refractivity contribution in [2.45, 2.75) is 31.8 Å². The molecular weight excluding hydrogens is 326 g/mol. The van der Waals surface area contributed by atoms with E-state index in [2.05, 4.69) is 9.88 Å². The van der Waals surface area contributed by atoms with Gasteiger partial charge in [0.05, 0.1) is 23.1 Å². The van der Waals surface area contributed by atoms with Crippen molar-refractivity contribution in [3.63, 3.8) is 0 Å². The molecule has 1 aromatic heterocycles. The van der Waals surface area contributed by atoms with E-state index in [1.54, 1.807) is 17.3 Å². The normalized spacial score (nSPS) is 29.5. The lowest BCUT2D eigenvalue weighted by Gasteiger charge is -2.44. The van der Waals surface area contributed by atoms with Crippen LogP contribution in [0.15, 0.2) is 18.5 Å². The number of sulfone groups is 1. The fraction of sp³-hybridized carbons (Fsp3) is 0.647. The molecule has 0 unspecified atom stereocenters. The lowest BCUT2D eigenvalue weighted by molar-refractivity contribution is 0.0317. The predicted molar refractivity (Wildman–Crippen MR) is 90.5 cm³/mol. The molecule has 0 bridgehead atoms. The van der Waals surface area contributed by atoms with Crippen LogP contribution in [-0.4, -0.2) is 72.3 Å². The van der Waals surface area contributed by atoms with Crippen molar-refractivity contribution in [3.05, 3.63) is 29.6 Å². The van der Waals surface area contributed by atoms with E-state index in [1.807, 2.05) is 13.0 Å². The highest BCUT2D eigenvalue weighted by Gasteiger charge is 2.48. The van der Waals surface area contributed by atoms with Gasteiger partial charge in [0, 0.05) is 38.1 Å². The number of amides is 1. The lowest BCUT2D eigenvalue weighted by atomic mass is 10.0. The van der Waals surface area contributed by atoms with Crippen LogP contribution in [0.25, 0.3) is 0 Å². The summed E-state index contributed by atoms with van der Waals surface area (Å²) in [7, 11) is -3.09. The first-order chi connectivity index (χ1) is 11.4. The molecule has 1 saturated carbocycles. The zero-order chi connectivity index (χ0) is 16.9. The van der Waals surface area contributed by atoms with Crippen LogP contribution in [0.1, 0.15) is 28.8 Å².